The van der Waals surface area contributed by atoms with Crippen LogP contribution in [0.4, 0.5) is 0 Å². The molecule has 1 atom stereocenters. The summed E-state index contributed by atoms with van der Waals surface area (Å²) in [7, 11) is 0. The summed E-state index contributed by atoms with van der Waals surface area (Å²) < 4.78 is 0. The number of hydrogen-bond donors (Lipinski definition) is 2. The summed E-state index contributed by atoms with van der Waals surface area (Å²) in [5.41, 5.74) is 1.14. The van der Waals surface area contributed by atoms with E-state index >= 15 is 0 Å². The number of nitrogens with one attached hydrogen (secondary N) is 1. The van der Waals surface area contributed by atoms with Gasteiger partial charge in [0.25, 0.3) is 0 Å². The molecule has 2 N–H and O–H groups in total. The molecule has 0 radical (unpaired) electrons. The van der Waals surface area contributed by atoms with Crippen molar-refractivity contribution in [2.75, 3.05) is 0 Å². The van der Waals surface area contributed by atoms with E-state index in [4.69, 9.17) is 0 Å². The number of carboxylic acid groups (broad SMARTS) is 1. The molecule has 0 aromatic carbocycles. The normalized spacial score (nSPS) is 17.5. The molecule has 1 aromatic rings. The molecule has 0 spiro atoms. The smallest absolute Gasteiger partial charge is 0.338 e. The highest BCUT2D eigenvalue weighted by Gasteiger charge is 2.29. The van der Waals surface area contributed by atoms with E-state index in [-0.39, 0.29) is 23.0 Å². The molecule has 6 nitrogen and oxygen atoms in total. The fourth-order valence-corrected chi connectivity index (χ4v) is 2.21. The highest BCUT2D eigenvalue weighted by Crippen LogP contribution is 2.16. The minimum absolute atomic E-state index is 0.0736. The van der Waals surface area contributed by atoms with Gasteiger partial charge in [0.15, 0.2) is 5.84 Å². The fourth-order valence-electron chi connectivity index (χ4n) is 2.21. The van der Waals surface area contributed by atoms with Crippen LogP contribution in [0.3, 0.4) is 0 Å². The second-order valence-corrected chi connectivity index (χ2v) is 5.02. The predicted octanol–water partition coefficient (Wildman–Crippen LogP) is 1.78. The van der Waals surface area contributed by atoms with Crippen LogP contribution >= 0.6 is 0 Å². The SMILES string of the molecule is CCCCC1N=C(c2ncc(CC)cc2C(=O)O)NC1=O. The number of carbonyl (C=O) groups excluding carboxylic acids is 1. The zero-order valence-electron chi connectivity index (χ0n) is 12.2. The number of unbranched alkanes of at least 4 members (excludes halogenated alkanes) is 1. The van der Waals surface area contributed by atoms with E-state index < -0.39 is 12.0 Å². The van der Waals surface area contributed by atoms with Crippen molar-refractivity contribution in [2.24, 2.45) is 4.99 Å². The van der Waals surface area contributed by atoms with Crippen LogP contribution in [0.2, 0.25) is 0 Å². The van der Waals surface area contributed by atoms with Gasteiger partial charge in [-0.1, -0.05) is 26.7 Å². The Hall–Kier alpha value is -2.24. The number of carbonyl (C=O) groups is 2. The number of aromatic carboxylic acids is 1. The number of hydrogen-bond acceptors (Lipinski definition) is 4. The molecule has 112 valence electrons. The molecule has 0 saturated heterocycles. The summed E-state index contributed by atoms with van der Waals surface area (Å²) >= 11 is 0. The number of carboxylic acids is 1. The van der Waals surface area contributed by atoms with E-state index in [9.17, 15) is 14.7 Å². The molecule has 21 heavy (non-hydrogen) atoms. The van der Waals surface area contributed by atoms with Crippen LogP contribution in [0.15, 0.2) is 17.3 Å². The number of aryl methyl sites for hydroxylation is 1. The van der Waals surface area contributed by atoms with Crippen LogP contribution in [0.1, 0.15) is 54.7 Å². The summed E-state index contributed by atoms with van der Waals surface area (Å²) in [6.45, 7) is 3.98. The number of nitrogens with zero attached hydrogens (tertiary/aromatic N) is 2. The highest BCUT2D eigenvalue weighted by atomic mass is 16.4. The Bertz CT molecular complexity index is 596. The van der Waals surface area contributed by atoms with Gasteiger partial charge in [0.2, 0.25) is 5.91 Å². The van der Waals surface area contributed by atoms with Gasteiger partial charge in [0, 0.05) is 6.20 Å². The maximum absolute atomic E-state index is 11.9. The van der Waals surface area contributed by atoms with E-state index in [1.54, 1.807) is 12.3 Å². The molecule has 1 aromatic heterocycles. The van der Waals surface area contributed by atoms with Gasteiger partial charge in [-0.2, -0.15) is 0 Å². The first-order chi connectivity index (χ1) is 10.1. The number of amidine groups is 1. The first-order valence-corrected chi connectivity index (χ1v) is 7.18. The number of aromatic nitrogens is 1. The van der Waals surface area contributed by atoms with E-state index in [0.717, 1.165) is 18.4 Å². The Morgan fingerprint density at radius 1 is 1.43 bits per heavy atom. The standard InChI is InChI=1S/C15H19N3O3/c1-3-5-6-11-14(19)18-13(17-11)12-10(15(20)21)7-9(4-2)8-16-12/h7-8,11H,3-6H2,1-2H3,(H,20,21)(H,17,18,19). The predicted molar refractivity (Wildman–Crippen MR) is 78.6 cm³/mol. The molecular weight excluding hydrogens is 270 g/mol. The molecule has 2 heterocycles. The van der Waals surface area contributed by atoms with Gasteiger partial charge in [-0.05, 0) is 24.5 Å². The van der Waals surface area contributed by atoms with E-state index in [1.807, 2.05) is 13.8 Å². The largest absolute Gasteiger partial charge is 0.478 e. The van der Waals surface area contributed by atoms with Gasteiger partial charge in [0.1, 0.15) is 11.7 Å². The first-order valence-electron chi connectivity index (χ1n) is 7.18. The minimum Gasteiger partial charge on any atom is -0.478 e. The molecule has 1 unspecified atom stereocenters. The van der Waals surface area contributed by atoms with Gasteiger partial charge < -0.3 is 10.4 Å². The third-order valence-corrected chi connectivity index (χ3v) is 3.47. The lowest BCUT2D eigenvalue weighted by atomic mass is 10.1. The fraction of sp³-hybridized carbons (Fsp3) is 0.467. The summed E-state index contributed by atoms with van der Waals surface area (Å²) in [4.78, 5) is 31.7. The van der Waals surface area contributed by atoms with Crippen molar-refractivity contribution in [3.05, 3.63) is 29.1 Å². The third kappa shape index (κ3) is 3.26. The number of aliphatic imine (C=N–C) groups is 1. The molecule has 2 rings (SSSR count). The van der Waals surface area contributed by atoms with E-state index in [1.165, 1.54) is 0 Å². The van der Waals surface area contributed by atoms with Gasteiger partial charge >= 0.3 is 5.97 Å². The van der Waals surface area contributed by atoms with Crippen molar-refractivity contribution in [2.45, 2.75) is 45.6 Å². The zero-order valence-corrected chi connectivity index (χ0v) is 12.2. The van der Waals surface area contributed by atoms with Gasteiger partial charge in [-0.3, -0.25) is 14.8 Å². The highest BCUT2D eigenvalue weighted by molar-refractivity contribution is 6.16. The van der Waals surface area contributed by atoms with Crippen LogP contribution in [-0.2, 0) is 11.2 Å². The second-order valence-electron chi connectivity index (χ2n) is 5.02. The van der Waals surface area contributed by atoms with Gasteiger partial charge in [-0.25, -0.2) is 4.79 Å². The van der Waals surface area contributed by atoms with Crippen molar-refractivity contribution in [3.8, 4) is 0 Å². The summed E-state index contributed by atoms with van der Waals surface area (Å²) in [6, 6.07) is 1.15. The lowest BCUT2D eigenvalue weighted by Crippen LogP contribution is -2.30. The van der Waals surface area contributed by atoms with Crippen molar-refractivity contribution in [3.63, 3.8) is 0 Å². The van der Waals surface area contributed by atoms with Gasteiger partial charge in [0.05, 0.1) is 5.56 Å². The van der Waals surface area contributed by atoms with Crippen LogP contribution in [-0.4, -0.2) is 33.8 Å². The van der Waals surface area contributed by atoms with Gasteiger partial charge in [-0.15, -0.1) is 0 Å². The molecule has 1 amide bonds. The number of rotatable bonds is 6. The van der Waals surface area contributed by atoms with E-state index in [2.05, 4.69) is 15.3 Å². The summed E-state index contributed by atoms with van der Waals surface area (Å²) in [6.07, 6.45) is 4.88. The first kappa shape index (κ1) is 15.2. The zero-order chi connectivity index (χ0) is 15.4. The molecule has 0 fully saturated rings. The maximum atomic E-state index is 11.9. The Kier molecular flexibility index (Phi) is 4.67. The third-order valence-electron chi connectivity index (χ3n) is 3.47. The molecule has 1 aliphatic rings. The van der Waals surface area contributed by atoms with Crippen LogP contribution in [0, 0.1) is 0 Å². The Morgan fingerprint density at radius 2 is 2.19 bits per heavy atom. The number of amides is 1. The molecule has 0 bridgehead atoms. The number of pyridine rings is 1. The minimum atomic E-state index is -1.07. The molecule has 0 aliphatic carbocycles. The van der Waals surface area contributed by atoms with Crippen molar-refractivity contribution < 1.29 is 14.7 Å². The molecule has 6 heteroatoms. The van der Waals surface area contributed by atoms with Crippen LogP contribution in [0.25, 0.3) is 0 Å². The van der Waals surface area contributed by atoms with Crippen molar-refractivity contribution in [1.82, 2.24) is 10.3 Å². The quantitative estimate of drug-likeness (QED) is 0.835. The second kappa shape index (κ2) is 6.47. The average Bonchev–Trinajstić information content (AvgIpc) is 2.85. The lowest BCUT2D eigenvalue weighted by molar-refractivity contribution is -0.120. The Balaban J connectivity index is 2.33. The topological polar surface area (TPSA) is 91.7 Å². The molecule has 1 aliphatic heterocycles. The van der Waals surface area contributed by atoms with E-state index in [0.29, 0.717) is 12.8 Å². The van der Waals surface area contributed by atoms with Crippen LogP contribution in [0.5, 0.6) is 0 Å². The summed E-state index contributed by atoms with van der Waals surface area (Å²) in [5, 5.41) is 12.0. The monoisotopic (exact) mass is 289 g/mol. The average molecular weight is 289 g/mol. The van der Waals surface area contributed by atoms with Crippen molar-refractivity contribution in [1.29, 1.82) is 0 Å². The summed E-state index contributed by atoms with van der Waals surface area (Å²) in [5.74, 6) is -0.987. The Morgan fingerprint density at radius 3 is 2.81 bits per heavy atom. The van der Waals surface area contributed by atoms with Crippen molar-refractivity contribution >= 4 is 17.7 Å². The maximum Gasteiger partial charge on any atom is 0.338 e. The lowest BCUT2D eigenvalue weighted by Gasteiger charge is -2.06. The molecule has 0 saturated carbocycles. The molecular formula is C15H19N3O3. The Labute approximate surface area is 123 Å². The van der Waals surface area contributed by atoms with Crippen LogP contribution < -0.4 is 5.32 Å².